The molecule has 2 unspecified atom stereocenters. The second-order valence-corrected chi connectivity index (χ2v) is 6.61. The first-order chi connectivity index (χ1) is 10.7. The second-order valence-electron chi connectivity index (χ2n) is 6.17. The first-order valence-electron chi connectivity index (χ1n) is 8.00. The topological polar surface area (TPSA) is 29.3 Å². The SMILES string of the molecule is CCc1ccc(C2CC(N)CN(c3cccc(Cl)c3)C2)cc1. The lowest BCUT2D eigenvalue weighted by molar-refractivity contribution is 0.454. The van der Waals surface area contributed by atoms with Crippen LogP contribution in [0.3, 0.4) is 0 Å². The van der Waals surface area contributed by atoms with Crippen LogP contribution in [0.1, 0.15) is 30.4 Å². The standard InChI is InChI=1S/C19H23ClN2/c1-2-14-6-8-15(9-7-14)16-10-18(21)13-22(12-16)19-5-3-4-17(20)11-19/h3-9,11,16,18H,2,10,12-13,21H2,1H3. The summed E-state index contributed by atoms with van der Waals surface area (Å²) in [4.78, 5) is 2.36. The van der Waals surface area contributed by atoms with E-state index >= 15 is 0 Å². The smallest absolute Gasteiger partial charge is 0.0426 e. The Labute approximate surface area is 137 Å². The van der Waals surface area contributed by atoms with Gasteiger partial charge in [0.2, 0.25) is 0 Å². The number of benzene rings is 2. The van der Waals surface area contributed by atoms with Crippen LogP contribution in [0.15, 0.2) is 48.5 Å². The van der Waals surface area contributed by atoms with Gasteiger partial charge in [0.1, 0.15) is 0 Å². The van der Waals surface area contributed by atoms with Gasteiger partial charge in [0.05, 0.1) is 0 Å². The van der Waals surface area contributed by atoms with Gasteiger partial charge in [-0.2, -0.15) is 0 Å². The third-order valence-corrected chi connectivity index (χ3v) is 4.75. The monoisotopic (exact) mass is 314 g/mol. The van der Waals surface area contributed by atoms with E-state index in [4.69, 9.17) is 17.3 Å². The van der Waals surface area contributed by atoms with Crippen molar-refractivity contribution >= 4 is 17.3 Å². The first kappa shape index (κ1) is 15.4. The summed E-state index contributed by atoms with van der Waals surface area (Å²) in [5.74, 6) is 0.480. The molecule has 0 amide bonds. The molecule has 1 aliphatic rings. The van der Waals surface area contributed by atoms with Crippen LogP contribution in [0.5, 0.6) is 0 Å². The zero-order chi connectivity index (χ0) is 15.5. The number of hydrogen-bond acceptors (Lipinski definition) is 2. The Hall–Kier alpha value is -1.51. The number of aryl methyl sites for hydroxylation is 1. The number of nitrogens with two attached hydrogens (primary N) is 1. The minimum absolute atomic E-state index is 0.198. The fourth-order valence-corrected chi connectivity index (χ4v) is 3.47. The predicted octanol–water partition coefficient (Wildman–Crippen LogP) is 4.22. The number of anilines is 1. The molecule has 2 nitrogen and oxygen atoms in total. The minimum atomic E-state index is 0.198. The van der Waals surface area contributed by atoms with Crippen LogP contribution in [-0.2, 0) is 6.42 Å². The molecule has 22 heavy (non-hydrogen) atoms. The van der Waals surface area contributed by atoms with E-state index in [2.05, 4.69) is 42.2 Å². The van der Waals surface area contributed by atoms with Crippen LogP contribution in [0.4, 0.5) is 5.69 Å². The maximum absolute atomic E-state index is 6.31. The molecule has 0 bridgehead atoms. The number of hydrogen-bond donors (Lipinski definition) is 1. The van der Waals surface area contributed by atoms with Gasteiger partial charge >= 0.3 is 0 Å². The highest BCUT2D eigenvalue weighted by Crippen LogP contribution is 2.30. The fraction of sp³-hybridized carbons (Fsp3) is 0.368. The highest BCUT2D eigenvalue weighted by molar-refractivity contribution is 6.30. The summed E-state index contributed by atoms with van der Waals surface area (Å²) in [7, 11) is 0. The molecule has 1 aliphatic heterocycles. The van der Waals surface area contributed by atoms with Gasteiger partial charge in [-0.25, -0.2) is 0 Å². The first-order valence-corrected chi connectivity index (χ1v) is 8.38. The minimum Gasteiger partial charge on any atom is -0.369 e. The Bertz CT molecular complexity index is 624. The number of nitrogens with zero attached hydrogens (tertiary/aromatic N) is 1. The molecule has 2 aromatic carbocycles. The summed E-state index contributed by atoms with van der Waals surface area (Å²) in [6.07, 6.45) is 2.13. The van der Waals surface area contributed by atoms with Crippen molar-refractivity contribution in [3.8, 4) is 0 Å². The van der Waals surface area contributed by atoms with Crippen molar-refractivity contribution in [1.82, 2.24) is 0 Å². The lowest BCUT2D eigenvalue weighted by atomic mass is 9.87. The summed E-state index contributed by atoms with van der Waals surface area (Å²) in [5, 5.41) is 0.778. The Balaban J connectivity index is 1.80. The molecule has 3 heteroatoms. The molecule has 1 saturated heterocycles. The van der Waals surface area contributed by atoms with E-state index in [0.29, 0.717) is 5.92 Å². The lowest BCUT2D eigenvalue weighted by Gasteiger charge is -2.38. The largest absolute Gasteiger partial charge is 0.369 e. The van der Waals surface area contributed by atoms with Crippen molar-refractivity contribution in [3.63, 3.8) is 0 Å². The predicted molar refractivity (Wildman–Crippen MR) is 94.8 cm³/mol. The van der Waals surface area contributed by atoms with Gasteiger partial charge in [0.25, 0.3) is 0 Å². The third-order valence-electron chi connectivity index (χ3n) is 4.52. The molecule has 3 rings (SSSR count). The van der Waals surface area contributed by atoms with Crippen molar-refractivity contribution in [1.29, 1.82) is 0 Å². The van der Waals surface area contributed by atoms with Gasteiger partial charge in [-0.1, -0.05) is 48.9 Å². The molecule has 2 aromatic rings. The Morgan fingerprint density at radius 1 is 1.14 bits per heavy atom. The third kappa shape index (κ3) is 3.45. The zero-order valence-corrected chi connectivity index (χ0v) is 13.8. The molecule has 2 N–H and O–H groups in total. The van der Waals surface area contributed by atoms with E-state index in [0.717, 1.165) is 36.6 Å². The van der Waals surface area contributed by atoms with Crippen LogP contribution >= 0.6 is 11.6 Å². The van der Waals surface area contributed by atoms with Gasteiger partial charge in [0, 0.05) is 35.8 Å². The van der Waals surface area contributed by atoms with Crippen LogP contribution in [0, 0.1) is 0 Å². The van der Waals surface area contributed by atoms with Gasteiger partial charge in [-0.05, 0) is 42.2 Å². The Morgan fingerprint density at radius 3 is 2.59 bits per heavy atom. The van der Waals surface area contributed by atoms with Crippen LogP contribution in [-0.4, -0.2) is 19.1 Å². The Morgan fingerprint density at radius 2 is 1.91 bits per heavy atom. The van der Waals surface area contributed by atoms with Crippen molar-refractivity contribution in [2.75, 3.05) is 18.0 Å². The van der Waals surface area contributed by atoms with Gasteiger partial charge in [0.15, 0.2) is 0 Å². The second kappa shape index (κ2) is 6.72. The highest BCUT2D eigenvalue weighted by Gasteiger charge is 2.26. The van der Waals surface area contributed by atoms with Crippen LogP contribution < -0.4 is 10.6 Å². The van der Waals surface area contributed by atoms with Crippen molar-refractivity contribution < 1.29 is 0 Å². The van der Waals surface area contributed by atoms with Crippen molar-refractivity contribution in [3.05, 3.63) is 64.7 Å². The molecule has 0 radical (unpaired) electrons. The number of piperidine rings is 1. The van der Waals surface area contributed by atoms with Crippen molar-refractivity contribution in [2.45, 2.75) is 31.7 Å². The molecule has 1 fully saturated rings. The van der Waals surface area contributed by atoms with Crippen molar-refractivity contribution in [2.24, 2.45) is 5.73 Å². The maximum Gasteiger partial charge on any atom is 0.0426 e. The van der Waals surface area contributed by atoms with E-state index in [9.17, 15) is 0 Å². The van der Waals surface area contributed by atoms with E-state index in [1.54, 1.807) is 0 Å². The zero-order valence-electron chi connectivity index (χ0n) is 13.0. The quantitative estimate of drug-likeness (QED) is 0.919. The van der Waals surface area contributed by atoms with E-state index in [1.807, 2.05) is 18.2 Å². The lowest BCUT2D eigenvalue weighted by Crippen LogP contribution is -2.46. The molecule has 116 valence electrons. The average Bonchev–Trinajstić information content (AvgIpc) is 2.54. The van der Waals surface area contributed by atoms with E-state index in [1.165, 1.54) is 11.1 Å². The summed E-state index contributed by atoms with van der Waals surface area (Å²) in [6, 6.07) is 17.2. The highest BCUT2D eigenvalue weighted by atomic mass is 35.5. The summed E-state index contributed by atoms with van der Waals surface area (Å²) in [6.45, 7) is 4.08. The molecule has 0 aliphatic carbocycles. The molecule has 0 aromatic heterocycles. The van der Waals surface area contributed by atoms with Gasteiger partial charge in [-0.15, -0.1) is 0 Å². The maximum atomic E-state index is 6.31. The van der Waals surface area contributed by atoms with E-state index in [-0.39, 0.29) is 6.04 Å². The fourth-order valence-electron chi connectivity index (χ4n) is 3.29. The average molecular weight is 315 g/mol. The molecule has 0 saturated carbocycles. The van der Waals surface area contributed by atoms with Crippen LogP contribution in [0.25, 0.3) is 0 Å². The molecule has 2 atom stereocenters. The summed E-state index contributed by atoms with van der Waals surface area (Å²) >= 11 is 6.13. The normalized spacial score (nSPS) is 21.9. The van der Waals surface area contributed by atoms with Gasteiger partial charge < -0.3 is 10.6 Å². The molecule has 1 heterocycles. The Kier molecular flexibility index (Phi) is 4.70. The molecule has 0 spiro atoms. The van der Waals surface area contributed by atoms with Gasteiger partial charge in [-0.3, -0.25) is 0 Å². The van der Waals surface area contributed by atoms with Crippen LogP contribution in [0.2, 0.25) is 5.02 Å². The number of rotatable bonds is 3. The molecular formula is C19H23ClN2. The number of halogens is 1. The van der Waals surface area contributed by atoms with E-state index < -0.39 is 0 Å². The molecular weight excluding hydrogens is 292 g/mol. The summed E-state index contributed by atoms with van der Waals surface area (Å²) < 4.78 is 0. The summed E-state index contributed by atoms with van der Waals surface area (Å²) in [5.41, 5.74) is 10.2.